The Morgan fingerprint density at radius 1 is 1.31 bits per heavy atom. The lowest BCUT2D eigenvalue weighted by Gasteiger charge is -2.29. The van der Waals surface area contributed by atoms with Gasteiger partial charge in [0.05, 0.1) is 29.9 Å². The largest absolute Gasteiger partial charge is 0.370 e. The number of thioether (sulfide) groups is 1. The predicted molar refractivity (Wildman–Crippen MR) is 118 cm³/mol. The van der Waals surface area contributed by atoms with Crippen LogP contribution in [0.2, 0.25) is 0 Å². The van der Waals surface area contributed by atoms with Gasteiger partial charge >= 0.3 is 0 Å². The van der Waals surface area contributed by atoms with E-state index in [9.17, 15) is 9.59 Å². The van der Waals surface area contributed by atoms with Crippen LogP contribution in [0.3, 0.4) is 0 Å². The van der Waals surface area contributed by atoms with Gasteiger partial charge in [0, 0.05) is 17.7 Å². The van der Waals surface area contributed by atoms with Crippen LogP contribution in [0.1, 0.15) is 43.2 Å². The molecule has 0 aliphatic carbocycles. The van der Waals surface area contributed by atoms with E-state index in [4.69, 9.17) is 9.72 Å². The summed E-state index contributed by atoms with van der Waals surface area (Å²) >= 11 is 2.89. The number of thiophene rings is 1. The van der Waals surface area contributed by atoms with E-state index in [2.05, 4.69) is 13.8 Å². The Bertz CT molecular complexity index is 1120. The lowest BCUT2D eigenvalue weighted by molar-refractivity contribution is -0.116. The predicted octanol–water partition coefficient (Wildman–Crippen LogP) is 4.43. The van der Waals surface area contributed by atoms with E-state index >= 15 is 0 Å². The first kappa shape index (κ1) is 20.3. The lowest BCUT2D eigenvalue weighted by atomic mass is 9.94. The minimum Gasteiger partial charge on any atom is -0.370 e. The summed E-state index contributed by atoms with van der Waals surface area (Å²) in [6.07, 6.45) is 1.18. The molecule has 0 fully saturated rings. The SMILES string of the molecule is CCC(=O)CSc1nc2sc3c(c2c(=O)n1Cc1ccccc1)CC(C)(C)OC3. The molecule has 0 bridgehead atoms. The van der Waals surface area contributed by atoms with Crippen LogP contribution in [-0.4, -0.2) is 26.7 Å². The Balaban J connectivity index is 1.85. The molecule has 0 saturated heterocycles. The van der Waals surface area contributed by atoms with E-state index in [-0.39, 0.29) is 16.9 Å². The monoisotopic (exact) mass is 428 g/mol. The van der Waals surface area contributed by atoms with Crippen molar-refractivity contribution in [2.45, 2.75) is 57.5 Å². The molecule has 4 rings (SSSR count). The van der Waals surface area contributed by atoms with Crippen molar-refractivity contribution < 1.29 is 9.53 Å². The van der Waals surface area contributed by atoms with Crippen LogP contribution in [0.4, 0.5) is 0 Å². The van der Waals surface area contributed by atoms with Crippen LogP contribution in [-0.2, 0) is 29.1 Å². The summed E-state index contributed by atoms with van der Waals surface area (Å²) in [4.78, 5) is 32.1. The van der Waals surface area contributed by atoms with Crippen molar-refractivity contribution in [3.05, 3.63) is 56.7 Å². The van der Waals surface area contributed by atoms with Crippen LogP contribution in [0, 0.1) is 0 Å². The number of Topliss-reactive ketones (excluding diaryl/α,β-unsaturated/α-hetero) is 1. The topological polar surface area (TPSA) is 61.2 Å². The Kier molecular flexibility index (Phi) is 5.64. The summed E-state index contributed by atoms with van der Waals surface area (Å²) in [5, 5.41) is 1.32. The first-order valence-corrected chi connectivity index (χ1v) is 11.6. The molecule has 1 aliphatic rings. The van der Waals surface area contributed by atoms with E-state index in [1.165, 1.54) is 23.1 Å². The van der Waals surface area contributed by atoms with Crippen LogP contribution < -0.4 is 5.56 Å². The highest BCUT2D eigenvalue weighted by molar-refractivity contribution is 7.99. The third kappa shape index (κ3) is 4.17. The average Bonchev–Trinajstić information content (AvgIpc) is 3.05. The van der Waals surface area contributed by atoms with E-state index in [0.29, 0.717) is 42.3 Å². The highest BCUT2D eigenvalue weighted by atomic mass is 32.2. The number of hydrogen-bond donors (Lipinski definition) is 0. The Morgan fingerprint density at radius 3 is 2.79 bits per heavy atom. The van der Waals surface area contributed by atoms with Crippen LogP contribution in [0.15, 0.2) is 40.3 Å². The van der Waals surface area contributed by atoms with E-state index in [1.54, 1.807) is 4.57 Å². The summed E-state index contributed by atoms with van der Waals surface area (Å²) in [6.45, 7) is 6.91. The molecule has 0 saturated carbocycles. The summed E-state index contributed by atoms with van der Waals surface area (Å²) in [5.74, 6) is 0.473. The van der Waals surface area contributed by atoms with Gasteiger partial charge < -0.3 is 4.74 Å². The molecule has 1 aromatic carbocycles. The van der Waals surface area contributed by atoms with Crippen molar-refractivity contribution in [1.82, 2.24) is 9.55 Å². The van der Waals surface area contributed by atoms with Gasteiger partial charge in [-0.25, -0.2) is 4.98 Å². The maximum absolute atomic E-state index is 13.6. The molecular formula is C22H24N2O3S2. The Morgan fingerprint density at radius 2 is 2.07 bits per heavy atom. The van der Waals surface area contributed by atoms with Crippen LogP contribution in [0.5, 0.6) is 0 Å². The molecule has 2 aromatic heterocycles. The molecule has 1 aliphatic heterocycles. The van der Waals surface area contributed by atoms with Crippen molar-refractivity contribution >= 4 is 39.1 Å². The summed E-state index contributed by atoms with van der Waals surface area (Å²) in [7, 11) is 0. The molecule has 0 atom stereocenters. The van der Waals surface area contributed by atoms with Crippen molar-refractivity contribution in [2.75, 3.05) is 5.75 Å². The maximum Gasteiger partial charge on any atom is 0.263 e. The summed E-state index contributed by atoms with van der Waals surface area (Å²) in [5.41, 5.74) is 1.79. The third-order valence-corrected chi connectivity index (χ3v) is 7.23. The van der Waals surface area contributed by atoms with E-state index < -0.39 is 0 Å². The zero-order valence-corrected chi connectivity index (χ0v) is 18.5. The quantitative estimate of drug-likeness (QED) is 0.429. The molecule has 0 spiro atoms. The molecule has 7 heteroatoms. The number of nitrogens with zero attached hydrogens (tertiary/aromatic N) is 2. The number of ketones is 1. The van der Waals surface area contributed by atoms with Gasteiger partial charge in [0.25, 0.3) is 5.56 Å². The third-order valence-electron chi connectivity index (χ3n) is 5.10. The van der Waals surface area contributed by atoms with Crippen molar-refractivity contribution in [3.8, 4) is 0 Å². The van der Waals surface area contributed by atoms with Gasteiger partial charge in [0.15, 0.2) is 5.16 Å². The van der Waals surface area contributed by atoms with Gasteiger partial charge in [-0.2, -0.15) is 0 Å². The molecule has 29 heavy (non-hydrogen) atoms. The zero-order valence-electron chi connectivity index (χ0n) is 16.9. The van der Waals surface area contributed by atoms with Gasteiger partial charge in [-0.3, -0.25) is 14.2 Å². The number of carbonyl (C=O) groups excluding carboxylic acids is 1. The van der Waals surface area contributed by atoms with Gasteiger partial charge in [0.1, 0.15) is 10.6 Å². The van der Waals surface area contributed by atoms with E-state index in [0.717, 1.165) is 20.8 Å². The number of fused-ring (bicyclic) bond motifs is 3. The molecular weight excluding hydrogens is 404 g/mol. The minimum absolute atomic E-state index is 0.0273. The molecule has 0 amide bonds. The van der Waals surface area contributed by atoms with Crippen LogP contribution >= 0.6 is 23.1 Å². The number of benzene rings is 1. The Labute approximate surface area is 178 Å². The molecule has 3 aromatic rings. The molecule has 0 N–H and O–H groups in total. The van der Waals surface area contributed by atoms with E-state index in [1.807, 2.05) is 37.3 Å². The fourth-order valence-electron chi connectivity index (χ4n) is 3.47. The van der Waals surface area contributed by atoms with Gasteiger partial charge in [-0.15, -0.1) is 11.3 Å². The fraction of sp³-hybridized carbons (Fsp3) is 0.409. The van der Waals surface area contributed by atoms with Crippen LogP contribution in [0.25, 0.3) is 10.2 Å². The van der Waals surface area contributed by atoms with Gasteiger partial charge in [-0.05, 0) is 25.0 Å². The average molecular weight is 429 g/mol. The lowest BCUT2D eigenvalue weighted by Crippen LogP contribution is -2.32. The Hall–Kier alpha value is -1.96. The maximum atomic E-state index is 13.6. The molecule has 0 unspecified atom stereocenters. The minimum atomic E-state index is -0.293. The van der Waals surface area contributed by atoms with Gasteiger partial charge in [0.2, 0.25) is 0 Å². The van der Waals surface area contributed by atoms with Crippen molar-refractivity contribution in [1.29, 1.82) is 0 Å². The first-order chi connectivity index (χ1) is 13.9. The second kappa shape index (κ2) is 8.05. The molecule has 5 nitrogen and oxygen atoms in total. The molecule has 152 valence electrons. The summed E-state index contributed by atoms with van der Waals surface area (Å²) in [6, 6.07) is 9.89. The number of ether oxygens (including phenoxy) is 1. The summed E-state index contributed by atoms with van der Waals surface area (Å²) < 4.78 is 7.66. The highest BCUT2D eigenvalue weighted by Gasteiger charge is 2.31. The zero-order chi connectivity index (χ0) is 20.6. The van der Waals surface area contributed by atoms with Gasteiger partial charge in [-0.1, -0.05) is 49.0 Å². The standard InChI is InChI=1S/C22H24N2O3S2/c1-4-15(25)13-28-21-23-19-18(16-10-22(2,3)27-12-17(16)29-19)20(26)24(21)11-14-8-6-5-7-9-14/h5-9H,4,10-13H2,1-3H3. The molecule has 0 radical (unpaired) electrons. The number of hydrogen-bond acceptors (Lipinski definition) is 6. The second-order valence-corrected chi connectivity index (χ2v) is 9.89. The normalized spacial score (nSPS) is 15.4. The number of carbonyl (C=O) groups is 1. The second-order valence-electron chi connectivity index (χ2n) is 7.86. The highest BCUT2D eigenvalue weighted by Crippen LogP contribution is 2.37. The van der Waals surface area contributed by atoms with Crippen molar-refractivity contribution in [2.24, 2.45) is 0 Å². The molecule has 3 heterocycles. The first-order valence-electron chi connectivity index (χ1n) is 9.75. The number of aromatic nitrogens is 2. The van der Waals surface area contributed by atoms with Crippen molar-refractivity contribution in [3.63, 3.8) is 0 Å². The smallest absolute Gasteiger partial charge is 0.263 e. The fourth-order valence-corrected chi connectivity index (χ4v) is 5.57. The number of rotatable bonds is 6.